The van der Waals surface area contributed by atoms with Gasteiger partial charge in [-0.2, -0.15) is 0 Å². The molecule has 0 saturated heterocycles. The topological polar surface area (TPSA) is 118 Å². The Morgan fingerprint density at radius 1 is 1.00 bits per heavy atom. The van der Waals surface area contributed by atoms with Crippen molar-refractivity contribution in [3.8, 4) is 46.5 Å². The van der Waals surface area contributed by atoms with Crippen LogP contribution in [0.2, 0.25) is 0 Å². The number of fused-ring (bicyclic) bond motifs is 1. The summed E-state index contributed by atoms with van der Waals surface area (Å²) in [6.07, 6.45) is 8.47. The van der Waals surface area contributed by atoms with E-state index in [0.717, 1.165) is 5.56 Å². The minimum atomic E-state index is -0.594. The highest BCUT2D eigenvalue weighted by Gasteiger charge is 2.26. The Balaban J connectivity index is 1.74. The predicted octanol–water partition coefficient (Wildman–Crippen LogP) is 4.30. The van der Waals surface area contributed by atoms with Gasteiger partial charge in [0.25, 0.3) is 0 Å². The third kappa shape index (κ3) is 3.76. The summed E-state index contributed by atoms with van der Waals surface area (Å²) in [4.78, 5) is 25.7. The molecule has 0 amide bonds. The first-order valence-electron chi connectivity index (χ1n) is 11.0. The Labute approximate surface area is 206 Å². The molecule has 0 unspecified atom stereocenters. The fourth-order valence-electron chi connectivity index (χ4n) is 4.29. The molecule has 5 rings (SSSR count). The van der Waals surface area contributed by atoms with E-state index in [4.69, 9.17) is 16.9 Å². The Hall–Kier alpha value is -4.91. The number of aromatic nitrogens is 7. The van der Waals surface area contributed by atoms with Crippen LogP contribution in [0.15, 0.2) is 36.8 Å². The first-order chi connectivity index (χ1) is 17.3. The second kappa shape index (κ2) is 8.70. The van der Waals surface area contributed by atoms with Crippen molar-refractivity contribution in [3.63, 3.8) is 0 Å². The molecule has 4 aromatic heterocycles. The molecule has 0 fully saturated rings. The molecule has 5 aromatic rings. The van der Waals surface area contributed by atoms with Crippen LogP contribution in [-0.4, -0.2) is 34.5 Å². The average Bonchev–Trinajstić information content (AvgIpc) is 3.13. The third-order valence-corrected chi connectivity index (χ3v) is 5.83. The summed E-state index contributed by atoms with van der Waals surface area (Å²) in [5.41, 5.74) is 11.6. The lowest BCUT2D eigenvalue weighted by molar-refractivity contribution is 0.410. The van der Waals surface area contributed by atoms with Crippen molar-refractivity contribution < 1.29 is 9.13 Å². The Morgan fingerprint density at radius 2 is 1.75 bits per heavy atom. The highest BCUT2D eigenvalue weighted by molar-refractivity contribution is 6.08. The summed E-state index contributed by atoms with van der Waals surface area (Å²) in [5.74, 6) is 2.43. The predicted molar refractivity (Wildman–Crippen MR) is 134 cm³/mol. The lowest BCUT2D eigenvalue weighted by atomic mass is 9.97. The van der Waals surface area contributed by atoms with Crippen molar-refractivity contribution in [2.24, 2.45) is 7.05 Å². The number of halogens is 1. The van der Waals surface area contributed by atoms with Crippen LogP contribution in [0.25, 0.3) is 33.4 Å². The van der Waals surface area contributed by atoms with Gasteiger partial charge >= 0.3 is 6.01 Å². The molecule has 1 aromatic carbocycles. The number of aryl methyl sites for hydroxylation is 4. The maximum Gasteiger partial charge on any atom is 0.322 e. The van der Waals surface area contributed by atoms with Gasteiger partial charge in [-0.1, -0.05) is 6.07 Å². The maximum absolute atomic E-state index is 15.3. The lowest BCUT2D eigenvalue weighted by Crippen LogP contribution is -2.04. The van der Waals surface area contributed by atoms with E-state index in [2.05, 4.69) is 35.8 Å². The summed E-state index contributed by atoms with van der Waals surface area (Å²) in [7, 11) is 1.85. The number of nitrogens with zero attached hydrogens (tertiary/aromatic N) is 7. The molecule has 178 valence electrons. The maximum atomic E-state index is 15.3. The SMILES string of the molecule is C#Cc1nc(C)c(-c2c(-c3ccc(Oc4nccc(C)n4)c(F)c3)c3c(N)ncnc3n2C)c(C)n1. The van der Waals surface area contributed by atoms with Gasteiger partial charge in [-0.05, 0) is 50.5 Å². The molecular formula is C26H21FN8O. The minimum absolute atomic E-state index is 0.00979. The number of benzene rings is 1. The van der Waals surface area contributed by atoms with Crippen LogP contribution in [0.1, 0.15) is 22.9 Å². The van der Waals surface area contributed by atoms with Gasteiger partial charge in [0.15, 0.2) is 11.6 Å². The Morgan fingerprint density at radius 3 is 2.42 bits per heavy atom. The molecule has 36 heavy (non-hydrogen) atoms. The zero-order valence-electron chi connectivity index (χ0n) is 20.0. The fraction of sp³-hybridized carbons (Fsp3) is 0.154. The largest absolute Gasteiger partial charge is 0.421 e. The third-order valence-electron chi connectivity index (χ3n) is 5.83. The van der Waals surface area contributed by atoms with Crippen LogP contribution in [0.3, 0.4) is 0 Å². The Bertz CT molecular complexity index is 1680. The van der Waals surface area contributed by atoms with E-state index in [1.807, 2.05) is 25.5 Å². The van der Waals surface area contributed by atoms with Crippen LogP contribution < -0.4 is 10.5 Å². The smallest absolute Gasteiger partial charge is 0.322 e. The van der Waals surface area contributed by atoms with Crippen molar-refractivity contribution in [1.82, 2.24) is 34.5 Å². The second-order valence-electron chi connectivity index (χ2n) is 8.21. The van der Waals surface area contributed by atoms with Gasteiger partial charge in [-0.15, -0.1) is 6.42 Å². The Kier molecular flexibility index (Phi) is 5.53. The summed E-state index contributed by atoms with van der Waals surface area (Å²) in [6, 6.07) is 6.42. The molecule has 9 nitrogen and oxygen atoms in total. The normalized spacial score (nSPS) is 11.0. The molecule has 2 N–H and O–H groups in total. The standard InChI is InChI=1S/C26H21FN8O/c1-6-19-33-14(3)20(15(4)34-19)23-21(22-24(28)30-12-31-25(22)35(23)5)16-7-8-18(17(27)11-16)36-26-29-10-9-13(2)32-26/h1,7-12H,2-5H3,(H2,28,30,31). The molecule has 10 heteroatoms. The first kappa shape index (κ1) is 22.9. The summed E-state index contributed by atoms with van der Waals surface area (Å²) < 4.78 is 22.8. The molecule has 0 saturated carbocycles. The molecule has 0 aliphatic heterocycles. The number of nitrogen functional groups attached to an aromatic ring is 1. The van der Waals surface area contributed by atoms with Crippen LogP contribution in [0.5, 0.6) is 11.8 Å². The minimum Gasteiger partial charge on any atom is -0.421 e. The van der Waals surface area contributed by atoms with Crippen molar-refractivity contribution in [1.29, 1.82) is 0 Å². The molecule has 4 heterocycles. The molecule has 0 atom stereocenters. The quantitative estimate of drug-likeness (QED) is 0.378. The first-order valence-corrected chi connectivity index (χ1v) is 11.0. The monoisotopic (exact) mass is 480 g/mol. The number of hydrogen-bond acceptors (Lipinski definition) is 8. The zero-order chi connectivity index (χ0) is 25.6. The van der Waals surface area contributed by atoms with Crippen LogP contribution >= 0.6 is 0 Å². The van der Waals surface area contributed by atoms with E-state index in [1.165, 1.54) is 18.5 Å². The van der Waals surface area contributed by atoms with E-state index in [-0.39, 0.29) is 17.6 Å². The van der Waals surface area contributed by atoms with E-state index in [9.17, 15) is 0 Å². The van der Waals surface area contributed by atoms with Gasteiger partial charge in [-0.3, -0.25) is 0 Å². The number of ether oxygens (including phenoxy) is 1. The van der Waals surface area contributed by atoms with E-state index < -0.39 is 5.82 Å². The molecule has 0 bridgehead atoms. The van der Waals surface area contributed by atoms with Crippen LogP contribution in [0.4, 0.5) is 10.2 Å². The van der Waals surface area contributed by atoms with Crippen molar-refractivity contribution in [2.75, 3.05) is 5.73 Å². The highest BCUT2D eigenvalue weighted by atomic mass is 19.1. The van der Waals surface area contributed by atoms with Crippen molar-refractivity contribution in [2.45, 2.75) is 20.8 Å². The van der Waals surface area contributed by atoms with Crippen molar-refractivity contribution >= 4 is 16.9 Å². The summed E-state index contributed by atoms with van der Waals surface area (Å²) in [6.45, 7) is 5.49. The van der Waals surface area contributed by atoms with Crippen molar-refractivity contribution in [3.05, 3.63) is 65.5 Å². The van der Waals surface area contributed by atoms with Crippen LogP contribution in [-0.2, 0) is 7.05 Å². The zero-order valence-corrected chi connectivity index (χ0v) is 20.0. The second-order valence-corrected chi connectivity index (χ2v) is 8.21. The van der Waals surface area contributed by atoms with Gasteiger partial charge in [0.05, 0.1) is 22.5 Å². The van der Waals surface area contributed by atoms with Gasteiger partial charge < -0.3 is 15.0 Å². The van der Waals surface area contributed by atoms with E-state index >= 15 is 4.39 Å². The summed E-state index contributed by atoms with van der Waals surface area (Å²) >= 11 is 0. The number of rotatable bonds is 4. The number of hydrogen-bond donors (Lipinski definition) is 1. The molecular weight excluding hydrogens is 459 g/mol. The van der Waals surface area contributed by atoms with Crippen LogP contribution in [0, 0.1) is 38.9 Å². The summed E-state index contributed by atoms with van der Waals surface area (Å²) in [5, 5.41) is 0.588. The van der Waals surface area contributed by atoms with Gasteiger partial charge in [0.1, 0.15) is 17.8 Å². The molecule has 0 aliphatic carbocycles. The molecule has 0 spiro atoms. The van der Waals surface area contributed by atoms with Gasteiger partial charge in [0, 0.05) is 30.1 Å². The number of anilines is 1. The van der Waals surface area contributed by atoms with Gasteiger partial charge in [-0.25, -0.2) is 34.3 Å². The number of terminal acetylenes is 1. The molecule has 0 aliphatic rings. The van der Waals surface area contributed by atoms with E-state index in [0.29, 0.717) is 50.8 Å². The number of nitrogens with two attached hydrogens (primary N) is 1. The highest BCUT2D eigenvalue weighted by Crippen LogP contribution is 2.43. The van der Waals surface area contributed by atoms with Gasteiger partial charge in [0.2, 0.25) is 5.82 Å². The fourth-order valence-corrected chi connectivity index (χ4v) is 4.29. The molecule has 0 radical (unpaired) electrons. The lowest BCUT2D eigenvalue weighted by Gasteiger charge is -2.14. The average molecular weight is 481 g/mol. The van der Waals surface area contributed by atoms with E-state index in [1.54, 1.807) is 25.3 Å².